The minimum Gasteiger partial charge on any atom is -0.506 e. The number of hydrogen-bond donors (Lipinski definition) is 2. The highest BCUT2D eigenvalue weighted by molar-refractivity contribution is 7.19. The Labute approximate surface area is 143 Å². The molecule has 2 heterocycles. The van der Waals surface area contributed by atoms with E-state index in [1.807, 2.05) is 12.1 Å². The Morgan fingerprint density at radius 2 is 1.91 bits per heavy atom. The highest BCUT2D eigenvalue weighted by Crippen LogP contribution is 2.40. The first-order valence-corrected chi connectivity index (χ1v) is 8.94. The van der Waals surface area contributed by atoms with Crippen LogP contribution in [-0.4, -0.2) is 15.1 Å². The predicted octanol–water partition coefficient (Wildman–Crippen LogP) is 5.06. The SMILES string of the molecule is Oc1ccccc1Nc1nc(Cl)nc2sc3c(c12)CCCCC3. The van der Waals surface area contributed by atoms with E-state index in [1.54, 1.807) is 23.5 Å². The molecule has 1 aliphatic rings. The molecular formula is C17H16ClN3OS. The molecule has 2 N–H and O–H groups in total. The molecule has 0 amide bonds. The average Bonchev–Trinajstić information content (AvgIpc) is 2.71. The van der Waals surface area contributed by atoms with E-state index in [0.717, 1.165) is 23.1 Å². The largest absolute Gasteiger partial charge is 0.506 e. The third kappa shape index (κ3) is 2.75. The van der Waals surface area contributed by atoms with Crippen molar-refractivity contribution in [2.45, 2.75) is 32.1 Å². The van der Waals surface area contributed by atoms with Crippen molar-refractivity contribution in [1.82, 2.24) is 9.97 Å². The summed E-state index contributed by atoms with van der Waals surface area (Å²) in [4.78, 5) is 11.1. The van der Waals surface area contributed by atoms with E-state index in [9.17, 15) is 5.11 Å². The molecule has 4 nitrogen and oxygen atoms in total. The first-order valence-electron chi connectivity index (χ1n) is 7.75. The van der Waals surface area contributed by atoms with E-state index in [1.165, 1.54) is 29.7 Å². The summed E-state index contributed by atoms with van der Waals surface area (Å²) in [7, 11) is 0. The standard InChI is InChI=1S/C17H16ClN3OS/c18-17-20-15(19-11-7-4-5-8-12(11)22)14-10-6-2-1-3-9-13(10)23-16(14)21-17/h4-5,7-8,22H,1-3,6,9H2,(H,19,20,21). The third-order valence-corrected chi connectivity index (χ3v) is 5.55. The van der Waals surface area contributed by atoms with E-state index in [2.05, 4.69) is 15.3 Å². The number of para-hydroxylation sites is 2. The minimum absolute atomic E-state index is 0.191. The van der Waals surface area contributed by atoms with Gasteiger partial charge in [0.1, 0.15) is 16.4 Å². The second-order valence-electron chi connectivity index (χ2n) is 5.73. The van der Waals surface area contributed by atoms with E-state index < -0.39 is 0 Å². The van der Waals surface area contributed by atoms with Crippen LogP contribution in [0.2, 0.25) is 5.28 Å². The maximum Gasteiger partial charge on any atom is 0.225 e. The summed E-state index contributed by atoms with van der Waals surface area (Å²) in [5.74, 6) is 0.873. The lowest BCUT2D eigenvalue weighted by Gasteiger charge is -2.10. The molecule has 0 fully saturated rings. The molecule has 0 bridgehead atoms. The normalized spacial score (nSPS) is 14.5. The molecule has 3 aromatic rings. The van der Waals surface area contributed by atoms with E-state index in [-0.39, 0.29) is 11.0 Å². The van der Waals surface area contributed by atoms with E-state index in [4.69, 9.17) is 11.6 Å². The van der Waals surface area contributed by atoms with Gasteiger partial charge in [-0.25, -0.2) is 4.98 Å². The van der Waals surface area contributed by atoms with Crippen LogP contribution in [-0.2, 0) is 12.8 Å². The van der Waals surface area contributed by atoms with Crippen molar-refractivity contribution >= 4 is 44.7 Å². The summed E-state index contributed by atoms with van der Waals surface area (Å²) in [5, 5.41) is 14.5. The first-order chi connectivity index (χ1) is 11.2. The monoisotopic (exact) mass is 345 g/mol. The molecule has 118 valence electrons. The second kappa shape index (κ2) is 5.98. The summed E-state index contributed by atoms with van der Waals surface area (Å²) in [6, 6.07) is 7.13. The topological polar surface area (TPSA) is 58.0 Å². The Kier molecular flexibility index (Phi) is 3.83. The lowest BCUT2D eigenvalue weighted by atomic mass is 10.1. The van der Waals surface area contributed by atoms with Gasteiger partial charge in [0.2, 0.25) is 5.28 Å². The van der Waals surface area contributed by atoms with Crippen molar-refractivity contribution in [3.63, 3.8) is 0 Å². The Bertz CT molecular complexity index is 878. The van der Waals surface area contributed by atoms with Crippen LogP contribution >= 0.6 is 22.9 Å². The maximum absolute atomic E-state index is 10.0. The van der Waals surface area contributed by atoms with E-state index >= 15 is 0 Å². The van der Waals surface area contributed by atoms with Crippen LogP contribution in [0, 0.1) is 0 Å². The van der Waals surface area contributed by atoms with Crippen LogP contribution in [0.1, 0.15) is 29.7 Å². The van der Waals surface area contributed by atoms with Crippen molar-refractivity contribution in [3.8, 4) is 5.75 Å². The van der Waals surface area contributed by atoms with E-state index in [0.29, 0.717) is 11.5 Å². The number of aromatic nitrogens is 2. The fraction of sp³-hybridized carbons (Fsp3) is 0.294. The summed E-state index contributed by atoms with van der Waals surface area (Å²) in [6.45, 7) is 0. The van der Waals surface area contributed by atoms with Crippen molar-refractivity contribution in [2.24, 2.45) is 0 Å². The van der Waals surface area contributed by atoms with Gasteiger partial charge in [0.15, 0.2) is 0 Å². The molecule has 6 heteroatoms. The van der Waals surface area contributed by atoms with Crippen LogP contribution < -0.4 is 5.32 Å². The van der Waals surface area contributed by atoms with Gasteiger partial charge in [-0.2, -0.15) is 4.98 Å². The van der Waals surface area contributed by atoms with Gasteiger partial charge in [-0.15, -0.1) is 11.3 Å². The number of phenolic OH excluding ortho intramolecular Hbond substituents is 1. The molecule has 23 heavy (non-hydrogen) atoms. The van der Waals surface area contributed by atoms with Crippen molar-refractivity contribution in [1.29, 1.82) is 0 Å². The Morgan fingerprint density at radius 1 is 1.09 bits per heavy atom. The van der Waals surface area contributed by atoms with Crippen LogP contribution in [0.5, 0.6) is 5.75 Å². The number of hydrogen-bond acceptors (Lipinski definition) is 5. The number of thiophene rings is 1. The number of fused-ring (bicyclic) bond motifs is 3. The zero-order chi connectivity index (χ0) is 15.8. The summed E-state index contributed by atoms with van der Waals surface area (Å²) < 4.78 is 0. The highest BCUT2D eigenvalue weighted by Gasteiger charge is 2.20. The molecule has 0 radical (unpaired) electrons. The van der Waals surface area contributed by atoms with Gasteiger partial charge in [-0.05, 0) is 55.0 Å². The molecule has 0 aliphatic heterocycles. The number of anilines is 2. The summed E-state index contributed by atoms with van der Waals surface area (Å²) >= 11 is 7.83. The summed E-state index contributed by atoms with van der Waals surface area (Å²) in [5.41, 5.74) is 1.97. The van der Waals surface area contributed by atoms with Gasteiger partial charge >= 0.3 is 0 Å². The van der Waals surface area contributed by atoms with Crippen LogP contribution in [0.15, 0.2) is 24.3 Å². The van der Waals surface area contributed by atoms with Gasteiger partial charge in [0.25, 0.3) is 0 Å². The maximum atomic E-state index is 10.0. The zero-order valence-electron chi connectivity index (χ0n) is 12.5. The number of nitrogens with zero attached hydrogens (tertiary/aromatic N) is 2. The molecule has 2 aromatic heterocycles. The molecule has 0 unspecified atom stereocenters. The van der Waals surface area contributed by atoms with Gasteiger partial charge in [0, 0.05) is 4.88 Å². The molecule has 0 atom stereocenters. The number of rotatable bonds is 2. The fourth-order valence-electron chi connectivity index (χ4n) is 3.11. The van der Waals surface area contributed by atoms with Crippen LogP contribution in [0.4, 0.5) is 11.5 Å². The van der Waals surface area contributed by atoms with Gasteiger partial charge < -0.3 is 10.4 Å². The molecule has 1 aliphatic carbocycles. The molecule has 0 saturated carbocycles. The van der Waals surface area contributed by atoms with Gasteiger partial charge in [-0.3, -0.25) is 0 Å². The lowest BCUT2D eigenvalue weighted by molar-refractivity contribution is 0.478. The third-order valence-electron chi connectivity index (χ3n) is 4.19. The van der Waals surface area contributed by atoms with Gasteiger partial charge in [-0.1, -0.05) is 18.6 Å². The highest BCUT2D eigenvalue weighted by atomic mass is 35.5. The Hall–Kier alpha value is -1.85. The molecule has 4 rings (SSSR count). The smallest absolute Gasteiger partial charge is 0.225 e. The predicted molar refractivity (Wildman–Crippen MR) is 95.1 cm³/mol. The van der Waals surface area contributed by atoms with Crippen molar-refractivity contribution in [2.75, 3.05) is 5.32 Å². The van der Waals surface area contributed by atoms with Crippen molar-refractivity contribution in [3.05, 3.63) is 40.0 Å². The number of phenols is 1. The number of nitrogens with one attached hydrogen (secondary N) is 1. The summed E-state index contributed by atoms with van der Waals surface area (Å²) in [6.07, 6.45) is 5.83. The zero-order valence-corrected chi connectivity index (χ0v) is 14.0. The second-order valence-corrected chi connectivity index (χ2v) is 7.15. The number of halogens is 1. The lowest BCUT2D eigenvalue weighted by Crippen LogP contribution is -1.98. The number of benzene rings is 1. The molecule has 0 spiro atoms. The van der Waals surface area contributed by atoms with Crippen LogP contribution in [0.25, 0.3) is 10.2 Å². The van der Waals surface area contributed by atoms with Crippen LogP contribution in [0.3, 0.4) is 0 Å². The van der Waals surface area contributed by atoms with Gasteiger partial charge in [0.05, 0.1) is 11.1 Å². The molecular weight excluding hydrogens is 330 g/mol. The fourth-order valence-corrected chi connectivity index (χ4v) is 4.59. The average molecular weight is 346 g/mol. The Morgan fingerprint density at radius 3 is 2.78 bits per heavy atom. The Balaban J connectivity index is 1.88. The number of aryl methyl sites for hydroxylation is 2. The minimum atomic E-state index is 0.191. The molecule has 0 saturated heterocycles. The van der Waals surface area contributed by atoms with Crippen molar-refractivity contribution < 1.29 is 5.11 Å². The first kappa shape index (κ1) is 14.7. The quantitative estimate of drug-likeness (QED) is 0.387. The number of aromatic hydroxyl groups is 1. The molecule has 1 aromatic carbocycles.